The van der Waals surface area contributed by atoms with Crippen molar-refractivity contribution in [1.82, 2.24) is 0 Å². The average molecular weight is 727 g/mol. The minimum absolute atomic E-state index is 0.170. The molecule has 266 valence electrons. The summed E-state index contributed by atoms with van der Waals surface area (Å²) in [4.78, 5) is 7.66. The zero-order valence-corrected chi connectivity index (χ0v) is 32.4. The van der Waals surface area contributed by atoms with Crippen LogP contribution in [0.25, 0.3) is 32.0 Å². The lowest BCUT2D eigenvalue weighted by Gasteiger charge is -2.31. The molecule has 0 radical (unpaired) electrons. The van der Waals surface area contributed by atoms with E-state index in [0.717, 1.165) is 17.1 Å². The van der Waals surface area contributed by atoms with Gasteiger partial charge >= 0.3 is 0 Å². The van der Waals surface area contributed by atoms with Crippen molar-refractivity contribution in [2.45, 2.75) is 38.5 Å². The highest BCUT2D eigenvalue weighted by Crippen LogP contribution is 2.64. The fourth-order valence-corrected chi connectivity index (χ4v) is 10.9. The van der Waals surface area contributed by atoms with E-state index in [2.05, 4.69) is 219 Å². The molecule has 0 spiro atoms. The molecule has 10 rings (SSSR count). The SMILES string of the molecule is CC1(C)c2cc(N(c3ccccc3)c3ccccc3)ccc2-c2sc3c(c21)C(C)(C)c1cc(N(c2ccccc2)c2ccccc2-c2ccccc2)ccc1-3. The van der Waals surface area contributed by atoms with E-state index in [1.54, 1.807) is 0 Å². The van der Waals surface area contributed by atoms with Crippen LogP contribution in [0, 0.1) is 0 Å². The van der Waals surface area contributed by atoms with Crippen LogP contribution in [0.3, 0.4) is 0 Å². The molecule has 0 atom stereocenters. The third kappa shape index (κ3) is 5.21. The van der Waals surface area contributed by atoms with Crippen LogP contribution in [0.2, 0.25) is 0 Å². The molecular weight excluding hydrogens is 685 g/mol. The zero-order chi connectivity index (χ0) is 37.3. The number of benzene rings is 7. The van der Waals surface area contributed by atoms with Gasteiger partial charge in [0.1, 0.15) is 0 Å². The summed E-state index contributed by atoms with van der Waals surface area (Å²) in [7, 11) is 0. The molecule has 0 amide bonds. The summed E-state index contributed by atoms with van der Waals surface area (Å²) in [6, 6.07) is 66.1. The van der Waals surface area contributed by atoms with Crippen LogP contribution in [0.15, 0.2) is 182 Å². The third-order valence-corrected chi connectivity index (χ3v) is 13.0. The number of nitrogens with zero attached hydrogens (tertiary/aromatic N) is 2. The van der Waals surface area contributed by atoms with Gasteiger partial charge in [-0.05, 0) is 106 Å². The van der Waals surface area contributed by atoms with Crippen molar-refractivity contribution in [3.63, 3.8) is 0 Å². The van der Waals surface area contributed by atoms with Crippen LogP contribution < -0.4 is 9.80 Å². The summed E-state index contributed by atoms with van der Waals surface area (Å²) >= 11 is 1.99. The van der Waals surface area contributed by atoms with Crippen LogP contribution in [0.5, 0.6) is 0 Å². The molecule has 1 aromatic heterocycles. The van der Waals surface area contributed by atoms with E-state index in [1.165, 1.54) is 71.3 Å². The fourth-order valence-electron chi connectivity index (χ4n) is 9.18. The minimum atomic E-state index is -0.186. The number of fused-ring (bicyclic) bond motifs is 7. The summed E-state index contributed by atoms with van der Waals surface area (Å²) in [5.41, 5.74) is 17.5. The minimum Gasteiger partial charge on any atom is -0.310 e. The molecule has 7 aromatic carbocycles. The van der Waals surface area contributed by atoms with Crippen molar-refractivity contribution < 1.29 is 0 Å². The highest BCUT2D eigenvalue weighted by Gasteiger charge is 2.48. The van der Waals surface area contributed by atoms with E-state index in [-0.39, 0.29) is 10.8 Å². The maximum Gasteiger partial charge on any atom is 0.0540 e. The second-order valence-electron chi connectivity index (χ2n) is 15.8. The molecule has 0 saturated carbocycles. The predicted octanol–water partition coefficient (Wildman–Crippen LogP) is 15.0. The number of hydrogen-bond donors (Lipinski definition) is 0. The normalized spacial score (nSPS) is 14.1. The van der Waals surface area contributed by atoms with E-state index < -0.39 is 0 Å². The molecule has 0 unspecified atom stereocenters. The molecule has 3 heteroatoms. The molecular formula is C52H42N2S. The molecule has 0 fully saturated rings. The van der Waals surface area contributed by atoms with Crippen LogP contribution >= 0.6 is 11.3 Å². The first-order valence-corrected chi connectivity index (χ1v) is 20.0. The maximum absolute atomic E-state index is 2.47. The van der Waals surface area contributed by atoms with Crippen LogP contribution in [-0.2, 0) is 10.8 Å². The van der Waals surface area contributed by atoms with Gasteiger partial charge in [0.2, 0.25) is 0 Å². The van der Waals surface area contributed by atoms with Crippen LogP contribution in [0.1, 0.15) is 49.9 Å². The third-order valence-electron chi connectivity index (χ3n) is 11.8. The molecule has 0 N–H and O–H groups in total. The second kappa shape index (κ2) is 12.7. The molecule has 1 heterocycles. The largest absolute Gasteiger partial charge is 0.310 e. The molecule has 0 aliphatic heterocycles. The zero-order valence-electron chi connectivity index (χ0n) is 31.6. The quantitative estimate of drug-likeness (QED) is 0.161. The Hall–Kier alpha value is -6.16. The van der Waals surface area contributed by atoms with Crippen molar-refractivity contribution in [3.05, 3.63) is 204 Å². The van der Waals surface area contributed by atoms with Gasteiger partial charge in [-0.3, -0.25) is 0 Å². The predicted molar refractivity (Wildman–Crippen MR) is 234 cm³/mol. The molecule has 0 bridgehead atoms. The van der Waals surface area contributed by atoms with Crippen molar-refractivity contribution in [2.24, 2.45) is 0 Å². The van der Waals surface area contributed by atoms with E-state index in [4.69, 9.17) is 0 Å². The van der Waals surface area contributed by atoms with Gasteiger partial charge in [-0.15, -0.1) is 11.3 Å². The Morgan fingerprint density at radius 2 is 0.764 bits per heavy atom. The number of thiophene rings is 1. The topological polar surface area (TPSA) is 6.48 Å². The van der Waals surface area contributed by atoms with E-state index >= 15 is 0 Å². The summed E-state index contributed by atoms with van der Waals surface area (Å²) in [6.07, 6.45) is 0. The molecule has 0 saturated heterocycles. The lowest BCUT2D eigenvalue weighted by molar-refractivity contribution is 0.603. The Bertz CT molecular complexity index is 2650. The second-order valence-corrected chi connectivity index (χ2v) is 16.8. The average Bonchev–Trinajstić information content (AvgIpc) is 3.81. The van der Waals surface area contributed by atoms with Crippen LogP contribution in [-0.4, -0.2) is 0 Å². The Balaban J connectivity index is 1.08. The van der Waals surface area contributed by atoms with E-state index in [0.29, 0.717) is 0 Å². The first kappa shape index (κ1) is 33.4. The number of rotatable bonds is 7. The smallest absolute Gasteiger partial charge is 0.0540 e. The summed E-state index contributed by atoms with van der Waals surface area (Å²) in [6.45, 7) is 9.75. The standard InChI is InChI=1S/C52H42N2S/c1-51(2)44-33-39(53(36-21-11-6-12-22-36)37-23-13-7-14-24-37)29-31-42(44)49-47(51)48-50(55-49)43-32-30-40(34-45(43)52(48,3)4)54(38-25-15-8-16-26-38)46-28-18-17-27-41(46)35-19-9-5-10-20-35/h5-34H,1-4H3. The first-order chi connectivity index (χ1) is 26.8. The van der Waals surface area contributed by atoms with E-state index in [9.17, 15) is 0 Å². The van der Waals surface area contributed by atoms with Gasteiger partial charge < -0.3 is 9.80 Å². The van der Waals surface area contributed by atoms with Crippen molar-refractivity contribution in [3.8, 4) is 32.0 Å². The van der Waals surface area contributed by atoms with E-state index in [1.807, 2.05) is 11.3 Å². The molecule has 2 aliphatic rings. The molecule has 55 heavy (non-hydrogen) atoms. The number of hydrogen-bond acceptors (Lipinski definition) is 3. The Kier molecular flexibility index (Phi) is 7.73. The summed E-state index contributed by atoms with van der Waals surface area (Å²) < 4.78 is 0. The Morgan fingerprint density at radius 1 is 0.364 bits per heavy atom. The Labute approximate surface area is 328 Å². The lowest BCUT2D eigenvalue weighted by atomic mass is 9.74. The van der Waals surface area contributed by atoms with Gasteiger partial charge in [-0.25, -0.2) is 0 Å². The fraction of sp³-hybridized carbons (Fsp3) is 0.115. The van der Waals surface area contributed by atoms with Gasteiger partial charge in [-0.2, -0.15) is 0 Å². The summed E-state index contributed by atoms with van der Waals surface area (Å²) in [5.74, 6) is 0. The van der Waals surface area contributed by atoms with Gasteiger partial charge in [0.05, 0.1) is 5.69 Å². The van der Waals surface area contributed by atoms with Gasteiger partial charge in [-0.1, -0.05) is 143 Å². The maximum atomic E-state index is 2.47. The highest BCUT2D eigenvalue weighted by atomic mass is 32.1. The van der Waals surface area contributed by atoms with Crippen molar-refractivity contribution in [2.75, 3.05) is 9.80 Å². The molecule has 2 aliphatic carbocycles. The lowest BCUT2D eigenvalue weighted by Crippen LogP contribution is -2.23. The van der Waals surface area contributed by atoms with Gasteiger partial charge in [0.25, 0.3) is 0 Å². The van der Waals surface area contributed by atoms with Crippen molar-refractivity contribution in [1.29, 1.82) is 0 Å². The van der Waals surface area contributed by atoms with Gasteiger partial charge in [0, 0.05) is 54.6 Å². The van der Waals surface area contributed by atoms with Crippen molar-refractivity contribution >= 4 is 45.5 Å². The summed E-state index contributed by atoms with van der Waals surface area (Å²) in [5, 5.41) is 0. The Morgan fingerprint density at radius 3 is 1.25 bits per heavy atom. The van der Waals surface area contributed by atoms with Crippen LogP contribution in [0.4, 0.5) is 34.1 Å². The number of para-hydroxylation sites is 4. The monoisotopic (exact) mass is 726 g/mol. The number of anilines is 6. The highest BCUT2D eigenvalue weighted by molar-refractivity contribution is 7.19. The van der Waals surface area contributed by atoms with Gasteiger partial charge in [0.15, 0.2) is 0 Å². The molecule has 8 aromatic rings. The molecule has 2 nitrogen and oxygen atoms in total. The first-order valence-electron chi connectivity index (χ1n) is 19.2.